The lowest BCUT2D eigenvalue weighted by atomic mass is 10.5. The second-order valence-corrected chi connectivity index (χ2v) is 1.84. The highest BCUT2D eigenvalue weighted by Crippen LogP contribution is 1.78. The molecule has 2 N–H and O–H groups in total. The summed E-state index contributed by atoms with van der Waals surface area (Å²) in [5.74, 6) is 0. The molecule has 0 aromatic carbocycles. The SMILES string of the molecule is CN1CCNNC1. The molecule has 0 atom stereocenters. The molecule has 0 amide bonds. The summed E-state index contributed by atoms with van der Waals surface area (Å²) >= 11 is 0. The van der Waals surface area contributed by atoms with Crippen LogP contribution in [0.1, 0.15) is 0 Å². The van der Waals surface area contributed by atoms with Crippen molar-refractivity contribution in [2.75, 3.05) is 26.8 Å². The molecule has 42 valence electrons. The Morgan fingerprint density at radius 1 is 1.43 bits per heavy atom. The Morgan fingerprint density at radius 3 is 2.57 bits per heavy atom. The summed E-state index contributed by atoms with van der Waals surface area (Å²) in [6, 6.07) is 0. The van der Waals surface area contributed by atoms with E-state index in [0.717, 1.165) is 19.8 Å². The highest BCUT2D eigenvalue weighted by Gasteiger charge is 1.99. The van der Waals surface area contributed by atoms with Gasteiger partial charge in [-0.3, -0.25) is 10.3 Å². The van der Waals surface area contributed by atoms with Crippen LogP contribution in [0.25, 0.3) is 0 Å². The maximum atomic E-state index is 3.02. The van der Waals surface area contributed by atoms with E-state index in [4.69, 9.17) is 0 Å². The zero-order valence-electron chi connectivity index (χ0n) is 4.57. The lowest BCUT2D eigenvalue weighted by Gasteiger charge is -2.23. The number of hydrazine groups is 1. The minimum Gasteiger partial charge on any atom is -0.291 e. The minimum atomic E-state index is 0.958. The smallest absolute Gasteiger partial charge is 0.0612 e. The van der Waals surface area contributed by atoms with Crippen LogP contribution in [0.15, 0.2) is 0 Å². The number of hydrogen-bond donors (Lipinski definition) is 2. The zero-order chi connectivity index (χ0) is 5.11. The first kappa shape index (κ1) is 5.03. The highest BCUT2D eigenvalue weighted by atomic mass is 15.5. The summed E-state index contributed by atoms with van der Waals surface area (Å²) in [5, 5.41) is 0. The second kappa shape index (κ2) is 2.26. The molecule has 0 aromatic rings. The summed E-state index contributed by atoms with van der Waals surface area (Å²) in [7, 11) is 2.09. The predicted octanol–water partition coefficient (Wildman–Crippen LogP) is -1.02. The summed E-state index contributed by atoms with van der Waals surface area (Å²) in [5.41, 5.74) is 6.03. The molecule has 1 fully saturated rings. The Balaban J connectivity index is 2.12. The molecule has 0 aliphatic carbocycles. The molecule has 0 aromatic heterocycles. The maximum absolute atomic E-state index is 3.02. The Labute approximate surface area is 43.7 Å². The van der Waals surface area contributed by atoms with E-state index in [1.807, 2.05) is 0 Å². The summed E-state index contributed by atoms with van der Waals surface area (Å²) < 4.78 is 0. The van der Waals surface area contributed by atoms with Crippen molar-refractivity contribution in [3.63, 3.8) is 0 Å². The van der Waals surface area contributed by atoms with Gasteiger partial charge in [0.25, 0.3) is 0 Å². The quantitative estimate of drug-likeness (QED) is 0.409. The molecule has 1 saturated heterocycles. The molecule has 3 nitrogen and oxygen atoms in total. The molecule has 1 rings (SSSR count). The number of likely N-dealkylation sites (N-methyl/N-ethyl adjacent to an activating group) is 1. The van der Waals surface area contributed by atoms with Crippen LogP contribution in [0.2, 0.25) is 0 Å². The molecule has 1 aliphatic heterocycles. The van der Waals surface area contributed by atoms with Crippen molar-refractivity contribution in [3.8, 4) is 0 Å². The van der Waals surface area contributed by atoms with Crippen LogP contribution >= 0.6 is 0 Å². The molecule has 1 heterocycles. The van der Waals surface area contributed by atoms with Crippen LogP contribution in [0.3, 0.4) is 0 Å². The number of rotatable bonds is 0. The first-order chi connectivity index (χ1) is 3.39. The first-order valence-electron chi connectivity index (χ1n) is 2.54. The van der Waals surface area contributed by atoms with Crippen LogP contribution in [-0.4, -0.2) is 31.7 Å². The van der Waals surface area contributed by atoms with Crippen molar-refractivity contribution in [3.05, 3.63) is 0 Å². The summed E-state index contributed by atoms with van der Waals surface area (Å²) in [4.78, 5) is 2.22. The van der Waals surface area contributed by atoms with Gasteiger partial charge in [-0.1, -0.05) is 0 Å². The van der Waals surface area contributed by atoms with Gasteiger partial charge in [0, 0.05) is 13.1 Å². The minimum absolute atomic E-state index is 0.958. The van der Waals surface area contributed by atoms with Gasteiger partial charge < -0.3 is 0 Å². The van der Waals surface area contributed by atoms with Gasteiger partial charge in [-0.25, -0.2) is 5.43 Å². The Morgan fingerprint density at radius 2 is 2.29 bits per heavy atom. The topological polar surface area (TPSA) is 27.3 Å². The van der Waals surface area contributed by atoms with Crippen LogP contribution in [0.5, 0.6) is 0 Å². The van der Waals surface area contributed by atoms with Crippen LogP contribution in [0, 0.1) is 0 Å². The molecule has 0 saturated carbocycles. The molecule has 3 heteroatoms. The van der Waals surface area contributed by atoms with E-state index in [1.165, 1.54) is 0 Å². The van der Waals surface area contributed by atoms with Gasteiger partial charge in [-0.2, -0.15) is 0 Å². The number of nitrogens with one attached hydrogen (secondary N) is 2. The van der Waals surface area contributed by atoms with Gasteiger partial charge in [0.1, 0.15) is 0 Å². The average molecular weight is 101 g/mol. The Kier molecular flexibility index (Phi) is 1.62. The molecule has 1 aliphatic rings. The fourth-order valence-electron chi connectivity index (χ4n) is 0.605. The third-order valence-electron chi connectivity index (χ3n) is 1.09. The molecule has 0 radical (unpaired) electrons. The molecule has 0 bridgehead atoms. The van der Waals surface area contributed by atoms with Crippen molar-refractivity contribution in [1.29, 1.82) is 0 Å². The van der Waals surface area contributed by atoms with E-state index in [0.29, 0.717) is 0 Å². The standard InChI is InChI=1S/C4H11N3/c1-7-3-2-5-6-4-7/h5-6H,2-4H2,1H3. The summed E-state index contributed by atoms with van der Waals surface area (Å²) in [6.45, 7) is 3.16. The van der Waals surface area contributed by atoms with Gasteiger partial charge in [-0.15, -0.1) is 0 Å². The van der Waals surface area contributed by atoms with Crippen molar-refractivity contribution in [1.82, 2.24) is 15.8 Å². The Hall–Kier alpha value is -0.120. The average Bonchev–Trinajstić information content (AvgIpc) is 1.69. The van der Waals surface area contributed by atoms with Gasteiger partial charge in [0.05, 0.1) is 6.67 Å². The zero-order valence-corrected chi connectivity index (χ0v) is 4.57. The fraction of sp³-hybridized carbons (Fsp3) is 1.00. The van der Waals surface area contributed by atoms with E-state index < -0.39 is 0 Å². The van der Waals surface area contributed by atoms with Crippen LogP contribution in [0.4, 0.5) is 0 Å². The molecular weight excluding hydrogens is 90.1 g/mol. The highest BCUT2D eigenvalue weighted by molar-refractivity contribution is 4.54. The first-order valence-corrected chi connectivity index (χ1v) is 2.54. The molecular formula is C4H11N3. The van der Waals surface area contributed by atoms with E-state index in [1.54, 1.807) is 0 Å². The Bertz CT molecular complexity index is 48.9. The lowest BCUT2D eigenvalue weighted by molar-refractivity contribution is 0.234. The summed E-state index contributed by atoms with van der Waals surface area (Å²) in [6.07, 6.45) is 0. The van der Waals surface area contributed by atoms with Crippen LogP contribution < -0.4 is 10.9 Å². The van der Waals surface area contributed by atoms with E-state index in [-0.39, 0.29) is 0 Å². The third-order valence-corrected chi connectivity index (χ3v) is 1.09. The van der Waals surface area contributed by atoms with E-state index in [2.05, 4.69) is 22.8 Å². The maximum Gasteiger partial charge on any atom is 0.0612 e. The van der Waals surface area contributed by atoms with Gasteiger partial charge in [0.15, 0.2) is 0 Å². The fourth-order valence-corrected chi connectivity index (χ4v) is 0.605. The monoisotopic (exact) mass is 101 g/mol. The van der Waals surface area contributed by atoms with Crippen molar-refractivity contribution in [2.45, 2.75) is 0 Å². The van der Waals surface area contributed by atoms with Crippen molar-refractivity contribution >= 4 is 0 Å². The number of hydrogen-bond acceptors (Lipinski definition) is 3. The lowest BCUT2D eigenvalue weighted by Crippen LogP contribution is -2.49. The van der Waals surface area contributed by atoms with Gasteiger partial charge in [-0.05, 0) is 7.05 Å². The molecule has 7 heavy (non-hydrogen) atoms. The predicted molar refractivity (Wildman–Crippen MR) is 28.6 cm³/mol. The van der Waals surface area contributed by atoms with Crippen molar-refractivity contribution in [2.24, 2.45) is 0 Å². The van der Waals surface area contributed by atoms with E-state index >= 15 is 0 Å². The molecule has 0 spiro atoms. The normalized spacial score (nSPS) is 25.3. The third kappa shape index (κ3) is 1.43. The number of nitrogens with zero attached hydrogens (tertiary/aromatic N) is 1. The van der Waals surface area contributed by atoms with Gasteiger partial charge >= 0.3 is 0 Å². The van der Waals surface area contributed by atoms with E-state index in [9.17, 15) is 0 Å². The van der Waals surface area contributed by atoms with Crippen molar-refractivity contribution < 1.29 is 0 Å². The largest absolute Gasteiger partial charge is 0.291 e. The molecule has 0 unspecified atom stereocenters. The van der Waals surface area contributed by atoms with Gasteiger partial charge in [0.2, 0.25) is 0 Å². The second-order valence-electron chi connectivity index (χ2n) is 1.84. The van der Waals surface area contributed by atoms with Crippen LogP contribution in [-0.2, 0) is 0 Å².